The summed E-state index contributed by atoms with van der Waals surface area (Å²) in [5.41, 5.74) is -4.35. The Hall–Kier alpha value is -3.39. The van der Waals surface area contributed by atoms with Gasteiger partial charge in [0.2, 0.25) is 0 Å². The Kier molecular flexibility index (Phi) is 6.84. The molecule has 36 heavy (non-hydrogen) atoms. The maximum Gasteiger partial charge on any atom is 0.341 e. The molecule has 2 saturated heterocycles. The Labute approximate surface area is 211 Å². The van der Waals surface area contributed by atoms with Crippen molar-refractivity contribution in [1.29, 1.82) is 0 Å². The first-order valence-electron chi connectivity index (χ1n) is 10.8. The lowest BCUT2D eigenvalue weighted by Gasteiger charge is -2.25. The van der Waals surface area contributed by atoms with Gasteiger partial charge in [-0.1, -0.05) is 11.6 Å². The number of carbonyl (C=O) groups is 3. The van der Waals surface area contributed by atoms with Crippen molar-refractivity contribution in [3.8, 4) is 5.69 Å². The zero-order valence-corrected chi connectivity index (χ0v) is 21.0. The maximum absolute atomic E-state index is 15.0. The summed E-state index contributed by atoms with van der Waals surface area (Å²) < 4.78 is 21.5. The van der Waals surface area contributed by atoms with Crippen molar-refractivity contribution in [3.63, 3.8) is 0 Å². The Morgan fingerprint density at radius 2 is 1.83 bits per heavy atom. The largest absolute Gasteiger partial charge is 0.462 e. The fourth-order valence-corrected chi connectivity index (χ4v) is 5.24. The van der Waals surface area contributed by atoms with Crippen LogP contribution in [0.15, 0.2) is 26.5 Å². The van der Waals surface area contributed by atoms with Gasteiger partial charge in [0.1, 0.15) is 18.4 Å². The number of amides is 3. The molecule has 0 radical (unpaired) electrons. The van der Waals surface area contributed by atoms with Crippen molar-refractivity contribution < 1.29 is 23.5 Å². The van der Waals surface area contributed by atoms with E-state index >= 15 is 0 Å². The van der Waals surface area contributed by atoms with Crippen LogP contribution in [0.5, 0.6) is 0 Å². The van der Waals surface area contributed by atoms with E-state index in [-0.39, 0.29) is 5.69 Å². The second kappa shape index (κ2) is 9.58. The molecule has 0 aliphatic carbocycles. The molecule has 0 bridgehead atoms. The Balaban J connectivity index is 1.88. The fraction of sp³-hybridized carbons (Fsp3) is 0.429. The SMILES string of the molecule is CC(C)OC(=O)Cn1c(=O)n(C)c(=O)n(-c2cc(N3C(=O)C4CSCCN4C3=O)c(F)cc2Cl)c1=O. The third kappa shape index (κ3) is 4.23. The molecule has 15 heteroatoms. The first kappa shape index (κ1) is 25.7. The number of anilines is 1. The Morgan fingerprint density at radius 1 is 1.14 bits per heavy atom. The van der Waals surface area contributed by atoms with Gasteiger partial charge in [-0.3, -0.25) is 9.59 Å². The molecule has 3 heterocycles. The second-order valence-corrected chi connectivity index (χ2v) is 9.92. The molecule has 0 N–H and O–H groups in total. The van der Waals surface area contributed by atoms with Crippen LogP contribution < -0.4 is 22.0 Å². The molecule has 12 nitrogen and oxygen atoms in total. The predicted molar refractivity (Wildman–Crippen MR) is 128 cm³/mol. The molecule has 4 rings (SSSR count). The smallest absolute Gasteiger partial charge is 0.341 e. The maximum atomic E-state index is 15.0. The summed E-state index contributed by atoms with van der Waals surface area (Å²) in [5.74, 6) is -1.62. The zero-order valence-electron chi connectivity index (χ0n) is 19.4. The fourth-order valence-electron chi connectivity index (χ4n) is 3.97. The van der Waals surface area contributed by atoms with E-state index in [2.05, 4.69) is 0 Å². The first-order valence-corrected chi connectivity index (χ1v) is 12.3. The average molecular weight is 542 g/mol. The summed E-state index contributed by atoms with van der Waals surface area (Å²) >= 11 is 7.65. The van der Waals surface area contributed by atoms with Gasteiger partial charge in [0.15, 0.2) is 0 Å². The lowest BCUT2D eigenvalue weighted by atomic mass is 10.2. The average Bonchev–Trinajstić information content (AvgIpc) is 3.06. The molecule has 1 unspecified atom stereocenters. The van der Waals surface area contributed by atoms with Crippen LogP contribution in [0.3, 0.4) is 0 Å². The number of imide groups is 1. The molecule has 0 saturated carbocycles. The number of urea groups is 1. The van der Waals surface area contributed by atoms with Crippen LogP contribution in [0.25, 0.3) is 5.69 Å². The second-order valence-electron chi connectivity index (χ2n) is 8.36. The van der Waals surface area contributed by atoms with Gasteiger partial charge in [0, 0.05) is 25.1 Å². The number of esters is 1. The number of ether oxygens (including phenoxy) is 1. The molecular weight excluding hydrogens is 521 g/mol. The molecule has 2 fully saturated rings. The summed E-state index contributed by atoms with van der Waals surface area (Å²) in [6, 6.07) is 0.175. The van der Waals surface area contributed by atoms with Crippen molar-refractivity contribution in [2.75, 3.05) is 23.0 Å². The van der Waals surface area contributed by atoms with Crippen LogP contribution in [-0.4, -0.2) is 66.7 Å². The van der Waals surface area contributed by atoms with E-state index in [0.29, 0.717) is 36.7 Å². The minimum atomic E-state index is -1.24. The van der Waals surface area contributed by atoms with Gasteiger partial charge >= 0.3 is 29.1 Å². The summed E-state index contributed by atoms with van der Waals surface area (Å²) in [6.45, 7) is 2.65. The molecule has 1 aromatic carbocycles. The van der Waals surface area contributed by atoms with Crippen molar-refractivity contribution in [3.05, 3.63) is 54.4 Å². The van der Waals surface area contributed by atoms with Crippen molar-refractivity contribution >= 4 is 47.0 Å². The standard InChI is InChI=1S/C21H21ClFN5O7S/c1-10(2)35-16(29)8-26-18(31)24(3)19(32)28(21(26)34)13-7-14(12(23)6-11(13)22)27-17(30)15-9-36-5-4-25(15)20(27)33/h6-7,10,15H,4-5,8-9H2,1-3H3. The lowest BCUT2D eigenvalue weighted by molar-refractivity contribution is -0.148. The minimum absolute atomic E-state index is 0.302. The monoisotopic (exact) mass is 541 g/mol. The zero-order chi connectivity index (χ0) is 26.5. The predicted octanol–water partition coefficient (Wildman–Crippen LogP) is 0.326. The number of thioether (sulfide) groups is 1. The van der Waals surface area contributed by atoms with Gasteiger partial charge in [-0.2, -0.15) is 11.8 Å². The number of aromatic nitrogens is 3. The van der Waals surface area contributed by atoms with Crippen molar-refractivity contribution in [1.82, 2.24) is 18.6 Å². The normalized spacial score (nSPS) is 17.7. The third-order valence-corrected chi connectivity index (χ3v) is 6.97. The van der Waals surface area contributed by atoms with E-state index in [1.54, 1.807) is 13.8 Å². The van der Waals surface area contributed by atoms with E-state index in [9.17, 15) is 33.2 Å². The van der Waals surface area contributed by atoms with E-state index in [4.69, 9.17) is 16.3 Å². The highest BCUT2D eigenvalue weighted by molar-refractivity contribution is 7.99. The third-order valence-electron chi connectivity index (χ3n) is 5.64. The van der Waals surface area contributed by atoms with Crippen LogP contribution >= 0.6 is 23.4 Å². The lowest BCUT2D eigenvalue weighted by Crippen LogP contribution is -2.54. The van der Waals surface area contributed by atoms with Crippen LogP contribution in [0.4, 0.5) is 14.9 Å². The summed E-state index contributed by atoms with van der Waals surface area (Å²) in [5, 5.41) is -0.405. The van der Waals surface area contributed by atoms with Gasteiger partial charge in [0.05, 0.1) is 22.5 Å². The van der Waals surface area contributed by atoms with E-state index in [0.717, 1.165) is 19.2 Å². The highest BCUT2D eigenvalue weighted by Gasteiger charge is 2.48. The molecule has 2 aliphatic heterocycles. The van der Waals surface area contributed by atoms with Crippen LogP contribution in [0.2, 0.25) is 5.02 Å². The van der Waals surface area contributed by atoms with Gasteiger partial charge in [-0.25, -0.2) is 42.2 Å². The minimum Gasteiger partial charge on any atom is -0.462 e. The molecule has 1 aromatic heterocycles. The molecule has 192 valence electrons. The van der Waals surface area contributed by atoms with Crippen molar-refractivity contribution in [2.45, 2.75) is 32.5 Å². The number of halogens is 2. The number of hydrogen-bond acceptors (Lipinski definition) is 8. The molecule has 1 atom stereocenters. The van der Waals surface area contributed by atoms with E-state index < -0.39 is 70.2 Å². The van der Waals surface area contributed by atoms with Gasteiger partial charge in [-0.15, -0.1) is 0 Å². The van der Waals surface area contributed by atoms with E-state index in [1.807, 2.05) is 0 Å². The van der Waals surface area contributed by atoms with E-state index in [1.165, 1.54) is 16.7 Å². The van der Waals surface area contributed by atoms with Crippen LogP contribution in [-0.2, 0) is 27.9 Å². The number of rotatable bonds is 5. The molecule has 3 amide bonds. The summed E-state index contributed by atoms with van der Waals surface area (Å²) in [7, 11) is 1.08. The number of hydrogen-bond donors (Lipinski definition) is 0. The number of carbonyl (C=O) groups excluding carboxylic acids is 3. The number of benzene rings is 1. The number of nitrogens with zero attached hydrogens (tertiary/aromatic N) is 5. The Morgan fingerprint density at radius 3 is 2.47 bits per heavy atom. The van der Waals surface area contributed by atoms with Gasteiger partial charge in [-0.05, 0) is 26.0 Å². The molecule has 0 spiro atoms. The molecule has 2 aromatic rings. The van der Waals surface area contributed by atoms with Crippen LogP contribution in [0, 0.1) is 5.82 Å². The molecular formula is C21H21ClFN5O7S. The number of fused-ring (bicyclic) bond motifs is 1. The summed E-state index contributed by atoms with van der Waals surface area (Å²) in [6.07, 6.45) is -0.523. The molecule has 2 aliphatic rings. The highest BCUT2D eigenvalue weighted by atomic mass is 35.5. The highest BCUT2D eigenvalue weighted by Crippen LogP contribution is 2.34. The first-order chi connectivity index (χ1) is 16.9. The van der Waals surface area contributed by atoms with Crippen molar-refractivity contribution in [2.24, 2.45) is 7.05 Å². The topological polar surface area (TPSA) is 133 Å². The van der Waals surface area contributed by atoms with Crippen LogP contribution in [0.1, 0.15) is 13.8 Å². The Bertz CT molecular complexity index is 1440. The van der Waals surface area contributed by atoms with Gasteiger partial charge < -0.3 is 9.64 Å². The summed E-state index contributed by atoms with van der Waals surface area (Å²) in [4.78, 5) is 78.6. The quantitative estimate of drug-likeness (QED) is 0.390. The van der Waals surface area contributed by atoms with Gasteiger partial charge in [0.25, 0.3) is 5.91 Å².